The Balaban J connectivity index is 1.40. The molecule has 12 nitrogen and oxygen atoms in total. The molecule has 0 aromatic heterocycles. The average molecular weight is 1010 g/mol. The van der Waals surface area contributed by atoms with E-state index < -0.39 is 0 Å². The summed E-state index contributed by atoms with van der Waals surface area (Å²) in [6, 6.07) is 19.5. The van der Waals surface area contributed by atoms with Gasteiger partial charge in [-0.05, 0) is 140 Å². The van der Waals surface area contributed by atoms with E-state index in [1.54, 1.807) is 0 Å². The topological polar surface area (TPSA) is 74.8 Å². The minimum atomic E-state index is 0.0205. The first kappa shape index (κ1) is 60.5. The van der Waals surface area contributed by atoms with Crippen molar-refractivity contribution in [1.29, 1.82) is 0 Å². The second-order valence-corrected chi connectivity index (χ2v) is 24.0. The summed E-state index contributed by atoms with van der Waals surface area (Å²) >= 11 is 0. The molecule has 0 saturated carbocycles. The van der Waals surface area contributed by atoms with E-state index in [-0.39, 0.29) is 48.6 Å². The Morgan fingerprint density at radius 2 is 0.681 bits per heavy atom. The van der Waals surface area contributed by atoms with Crippen LogP contribution < -0.4 is 9.80 Å². The zero-order chi connectivity index (χ0) is 52.2. The van der Waals surface area contributed by atoms with Crippen LogP contribution in [0.4, 0.5) is 11.4 Å². The molecule has 0 aliphatic carbocycles. The van der Waals surface area contributed by atoms with Gasteiger partial charge in [0.2, 0.25) is 0 Å². The maximum absolute atomic E-state index is 7.19. The normalized spacial score (nSPS) is 28.3. The fourth-order valence-corrected chi connectivity index (χ4v) is 11.1. The largest absolute Gasteiger partial charge is 0.378 e. The smallest absolute Gasteiger partial charge is 0.0743 e. The highest BCUT2D eigenvalue weighted by molar-refractivity contribution is 5.49. The van der Waals surface area contributed by atoms with Crippen LogP contribution in [0.3, 0.4) is 0 Å². The fourth-order valence-electron chi connectivity index (χ4n) is 11.1. The predicted molar refractivity (Wildman–Crippen MR) is 300 cm³/mol. The molecule has 12 heteroatoms. The van der Waals surface area contributed by atoms with Crippen LogP contribution in [-0.2, 0) is 41.3 Å². The van der Waals surface area contributed by atoms with Gasteiger partial charge in [-0.3, -0.25) is 19.6 Å². The van der Waals surface area contributed by atoms with Gasteiger partial charge in [-0.1, -0.05) is 79.7 Å². The lowest BCUT2D eigenvalue weighted by Gasteiger charge is -2.37. The number of morpholine rings is 2. The number of ether oxygens (including phenoxy) is 6. The van der Waals surface area contributed by atoms with Crippen LogP contribution in [-0.4, -0.2) is 202 Å². The van der Waals surface area contributed by atoms with Crippen molar-refractivity contribution in [3.05, 3.63) is 59.7 Å². The maximum Gasteiger partial charge on any atom is 0.0743 e. The van der Waals surface area contributed by atoms with Crippen LogP contribution in [0.5, 0.6) is 0 Å². The molecule has 3 aliphatic rings. The Hall–Kier alpha value is -2.36. The van der Waals surface area contributed by atoms with Gasteiger partial charge in [-0.2, -0.15) is 0 Å². The quantitative estimate of drug-likeness (QED) is 0.181. The second-order valence-electron chi connectivity index (χ2n) is 24.0. The van der Waals surface area contributed by atoms with Crippen LogP contribution >= 0.6 is 0 Å². The summed E-state index contributed by atoms with van der Waals surface area (Å²) < 4.78 is 39.5. The summed E-state index contributed by atoms with van der Waals surface area (Å²) in [4.78, 5) is 15.0. The SMILES string of the molecule is CC(C)C[C@H]1CO[C@H](C)CN(C)[C@@H](CC(C)C)CO[C@H](Cc2ccc(N3CCOCC3)cc2)CN(C)[C@@H](CC(C)C)CO[C@H](C)CN(C)[C@@H](CC(C)C)CO[C@H](Cc2ccc(N3CCOCC3)cc2)CN1C. The lowest BCUT2D eigenvalue weighted by atomic mass is 10.0. The molecule has 0 radical (unpaired) electrons. The van der Waals surface area contributed by atoms with Gasteiger partial charge in [0.05, 0.1) is 77.3 Å². The summed E-state index contributed by atoms with van der Waals surface area (Å²) in [5.41, 5.74) is 5.17. The van der Waals surface area contributed by atoms with Crippen LogP contribution in [0.15, 0.2) is 48.5 Å². The molecule has 3 heterocycles. The summed E-state index contributed by atoms with van der Waals surface area (Å²) in [5, 5.41) is 0. The van der Waals surface area contributed by atoms with Crippen molar-refractivity contribution >= 4 is 11.4 Å². The first-order valence-corrected chi connectivity index (χ1v) is 28.5. The van der Waals surface area contributed by atoms with Gasteiger partial charge in [0.25, 0.3) is 0 Å². The number of rotatable bonds is 14. The van der Waals surface area contributed by atoms with E-state index in [1.165, 1.54) is 22.5 Å². The Bertz CT molecular complexity index is 1580. The van der Waals surface area contributed by atoms with Gasteiger partial charge in [0, 0.05) is 87.9 Å². The van der Waals surface area contributed by atoms with E-state index in [0.717, 1.165) is 117 Å². The van der Waals surface area contributed by atoms with E-state index >= 15 is 0 Å². The third-order valence-corrected chi connectivity index (χ3v) is 15.3. The highest BCUT2D eigenvalue weighted by atomic mass is 16.5. The van der Waals surface area contributed by atoms with Gasteiger partial charge in [0.15, 0.2) is 0 Å². The second kappa shape index (κ2) is 31.6. The van der Waals surface area contributed by atoms with Crippen molar-refractivity contribution in [2.75, 3.05) is 143 Å². The molecule has 0 spiro atoms. The predicted octanol–water partition coefficient (Wildman–Crippen LogP) is 9.13. The van der Waals surface area contributed by atoms with Gasteiger partial charge < -0.3 is 38.2 Å². The minimum Gasteiger partial charge on any atom is -0.378 e. The summed E-state index contributed by atoms with van der Waals surface area (Å²) in [7, 11) is 9.14. The molecule has 2 aromatic rings. The van der Waals surface area contributed by atoms with Crippen LogP contribution in [0, 0.1) is 23.7 Å². The summed E-state index contributed by atoms with van der Waals surface area (Å²) in [6.07, 6.45) is 6.12. The van der Waals surface area contributed by atoms with Gasteiger partial charge in [-0.15, -0.1) is 0 Å². The monoisotopic (exact) mass is 1010 g/mol. The molecule has 3 aliphatic heterocycles. The van der Waals surface area contributed by atoms with E-state index in [1.807, 2.05) is 0 Å². The van der Waals surface area contributed by atoms with Crippen molar-refractivity contribution in [3.8, 4) is 0 Å². The molecule has 412 valence electrons. The number of hydrogen-bond acceptors (Lipinski definition) is 12. The lowest BCUT2D eigenvalue weighted by molar-refractivity contribution is -0.0536. The molecular formula is C60H106N6O6. The van der Waals surface area contributed by atoms with Crippen molar-refractivity contribution in [3.63, 3.8) is 0 Å². The van der Waals surface area contributed by atoms with E-state index in [0.29, 0.717) is 50.1 Å². The molecule has 5 rings (SSSR count). The van der Waals surface area contributed by atoms with Crippen molar-refractivity contribution < 1.29 is 28.4 Å². The summed E-state index contributed by atoms with van der Waals surface area (Å²) in [5.74, 6) is 2.15. The van der Waals surface area contributed by atoms with E-state index in [9.17, 15) is 0 Å². The third kappa shape index (κ3) is 21.7. The molecule has 8 atom stereocenters. The molecular weight excluding hydrogens is 901 g/mol. The molecule has 3 saturated heterocycles. The fraction of sp³-hybridized carbons (Fsp3) is 0.800. The zero-order valence-corrected chi connectivity index (χ0v) is 48.2. The first-order valence-electron chi connectivity index (χ1n) is 28.5. The van der Waals surface area contributed by atoms with Crippen molar-refractivity contribution in [2.24, 2.45) is 23.7 Å². The number of likely N-dealkylation sites (N-methyl/N-ethyl adjacent to an activating group) is 4. The lowest BCUT2D eigenvalue weighted by Crippen LogP contribution is -2.47. The van der Waals surface area contributed by atoms with Crippen LogP contribution in [0.25, 0.3) is 0 Å². The average Bonchev–Trinajstić information content (AvgIpc) is 3.34. The molecule has 2 aromatic carbocycles. The standard InChI is InChI=1S/C60H106N6O6/c1-45(2)31-55-41-69-49(9)37-61(11)58(34-48(7)8)44-72-60(36-52-17-21-54(22-18-52)66-25-29-68-30-26-66)40-64(14)56(32-46(3)4)42-70-50(10)38-62(12)57(33-47(5)6)43-71-59(39-63(55)13)35-51-15-19-53(20-16-51)65-23-27-67-28-24-65/h15-22,45-50,55-60H,23-44H2,1-14H3/t49-,50-,55+,56+,57+,58+,59-,60-/m1/s1. The number of nitrogens with zero attached hydrogens (tertiary/aromatic N) is 6. The van der Waals surface area contributed by atoms with Crippen LogP contribution in [0.1, 0.15) is 106 Å². The first-order chi connectivity index (χ1) is 34.4. The van der Waals surface area contributed by atoms with Crippen LogP contribution in [0.2, 0.25) is 0 Å². The molecule has 0 N–H and O–H groups in total. The Labute approximate surface area is 440 Å². The molecule has 3 fully saturated rings. The summed E-state index contributed by atoms with van der Waals surface area (Å²) in [6.45, 7) is 36.2. The van der Waals surface area contributed by atoms with E-state index in [4.69, 9.17) is 28.4 Å². The minimum absolute atomic E-state index is 0.0205. The van der Waals surface area contributed by atoms with Gasteiger partial charge >= 0.3 is 0 Å². The van der Waals surface area contributed by atoms with E-state index in [2.05, 4.69) is 175 Å². The Morgan fingerprint density at radius 1 is 0.403 bits per heavy atom. The molecule has 0 amide bonds. The maximum atomic E-state index is 7.19. The number of anilines is 2. The number of benzene rings is 2. The Kier molecular flexibility index (Phi) is 26.6. The highest BCUT2D eigenvalue weighted by Crippen LogP contribution is 2.24. The van der Waals surface area contributed by atoms with Crippen molar-refractivity contribution in [2.45, 2.75) is 156 Å². The van der Waals surface area contributed by atoms with Gasteiger partial charge in [0.1, 0.15) is 0 Å². The molecule has 0 unspecified atom stereocenters. The van der Waals surface area contributed by atoms with Crippen molar-refractivity contribution in [1.82, 2.24) is 19.6 Å². The zero-order valence-electron chi connectivity index (χ0n) is 48.2. The number of hydrogen-bond donors (Lipinski definition) is 0. The highest BCUT2D eigenvalue weighted by Gasteiger charge is 2.29. The molecule has 72 heavy (non-hydrogen) atoms. The third-order valence-electron chi connectivity index (χ3n) is 15.3. The van der Waals surface area contributed by atoms with Gasteiger partial charge in [-0.25, -0.2) is 0 Å². The molecule has 0 bridgehead atoms. The Morgan fingerprint density at radius 3 is 0.972 bits per heavy atom.